The van der Waals surface area contributed by atoms with E-state index in [0.29, 0.717) is 24.4 Å². The Labute approximate surface area is 164 Å². The first-order chi connectivity index (χ1) is 13.2. The number of hydrogen-bond donors (Lipinski definition) is 0. The lowest BCUT2D eigenvalue weighted by Crippen LogP contribution is -2.41. The molecular weight excluding hydrogens is 356 g/mol. The molecule has 4 nitrogen and oxygen atoms in total. The second-order valence-corrected chi connectivity index (χ2v) is 7.67. The fourth-order valence-corrected chi connectivity index (χ4v) is 4.14. The van der Waals surface area contributed by atoms with E-state index in [1.807, 2.05) is 47.4 Å². The van der Waals surface area contributed by atoms with E-state index in [-0.39, 0.29) is 17.6 Å². The zero-order chi connectivity index (χ0) is 19.1. The van der Waals surface area contributed by atoms with E-state index in [4.69, 9.17) is 5.26 Å². The molecule has 1 aliphatic heterocycles. The van der Waals surface area contributed by atoms with Gasteiger partial charge in [0.25, 0.3) is 0 Å². The molecule has 0 radical (unpaired) electrons. The molecule has 1 amide bonds. The van der Waals surface area contributed by atoms with Crippen molar-refractivity contribution in [3.63, 3.8) is 0 Å². The molecule has 1 fully saturated rings. The average molecular weight is 378 g/mol. The van der Waals surface area contributed by atoms with Gasteiger partial charge in [0.15, 0.2) is 5.78 Å². The van der Waals surface area contributed by atoms with Crippen molar-refractivity contribution in [3.05, 3.63) is 71.3 Å². The molecular formula is C22H22N2O2S. The van der Waals surface area contributed by atoms with Crippen molar-refractivity contribution >= 4 is 23.5 Å². The van der Waals surface area contributed by atoms with Crippen LogP contribution in [0.3, 0.4) is 0 Å². The topological polar surface area (TPSA) is 61.2 Å². The number of likely N-dealkylation sites (tertiary alicyclic amines) is 1. The summed E-state index contributed by atoms with van der Waals surface area (Å²) in [5.74, 6) is 1.54. The maximum atomic E-state index is 12.5. The molecule has 0 saturated carbocycles. The molecule has 2 aromatic carbocycles. The van der Waals surface area contributed by atoms with Gasteiger partial charge in [0.05, 0.1) is 17.4 Å². The van der Waals surface area contributed by atoms with E-state index in [2.05, 4.69) is 6.07 Å². The number of carbonyl (C=O) groups is 2. The third kappa shape index (κ3) is 5.21. The Kier molecular flexibility index (Phi) is 6.67. The van der Waals surface area contributed by atoms with Gasteiger partial charge < -0.3 is 4.90 Å². The first-order valence-corrected chi connectivity index (χ1v) is 10.3. The van der Waals surface area contributed by atoms with Gasteiger partial charge in [-0.15, -0.1) is 11.8 Å². The highest BCUT2D eigenvalue weighted by Crippen LogP contribution is 2.23. The fourth-order valence-electron chi connectivity index (χ4n) is 3.25. The van der Waals surface area contributed by atoms with Crippen LogP contribution in [0, 0.1) is 17.2 Å². The number of hydrogen-bond acceptors (Lipinski definition) is 4. The van der Waals surface area contributed by atoms with Crippen LogP contribution in [-0.2, 0) is 10.5 Å². The maximum absolute atomic E-state index is 12.5. The molecule has 27 heavy (non-hydrogen) atoms. The van der Waals surface area contributed by atoms with Crippen molar-refractivity contribution in [1.29, 1.82) is 5.26 Å². The van der Waals surface area contributed by atoms with Crippen molar-refractivity contribution in [2.24, 2.45) is 5.92 Å². The van der Waals surface area contributed by atoms with Crippen LogP contribution in [0.25, 0.3) is 0 Å². The summed E-state index contributed by atoms with van der Waals surface area (Å²) >= 11 is 1.58. The van der Waals surface area contributed by atoms with Crippen LogP contribution in [0.4, 0.5) is 0 Å². The molecule has 0 unspecified atom stereocenters. The van der Waals surface area contributed by atoms with Gasteiger partial charge in [-0.1, -0.05) is 42.5 Å². The summed E-state index contributed by atoms with van der Waals surface area (Å²) in [6.07, 6.45) is 1.47. The Balaban J connectivity index is 1.42. The standard InChI is InChI=1S/C22H22N2O2S/c23-14-17-6-8-18(9-7-17)15-27-16-21(25)24-12-10-20(11-13-24)22(26)19-4-2-1-3-5-19/h1-9,20H,10-13,15-16H2. The highest BCUT2D eigenvalue weighted by atomic mass is 32.2. The molecule has 0 spiro atoms. The van der Waals surface area contributed by atoms with Gasteiger partial charge in [-0.05, 0) is 30.5 Å². The molecule has 1 heterocycles. The maximum Gasteiger partial charge on any atom is 0.232 e. The monoisotopic (exact) mass is 378 g/mol. The van der Waals surface area contributed by atoms with Crippen LogP contribution in [0.2, 0.25) is 0 Å². The third-order valence-corrected chi connectivity index (χ3v) is 5.84. The van der Waals surface area contributed by atoms with Gasteiger partial charge in [-0.2, -0.15) is 5.26 Å². The number of amides is 1. The second-order valence-electron chi connectivity index (χ2n) is 6.69. The van der Waals surface area contributed by atoms with E-state index < -0.39 is 0 Å². The fraction of sp³-hybridized carbons (Fsp3) is 0.318. The Bertz CT molecular complexity index is 820. The Morgan fingerprint density at radius 3 is 2.33 bits per heavy atom. The molecule has 0 atom stereocenters. The van der Waals surface area contributed by atoms with Crippen molar-refractivity contribution < 1.29 is 9.59 Å². The zero-order valence-electron chi connectivity index (χ0n) is 15.1. The Morgan fingerprint density at radius 1 is 1.04 bits per heavy atom. The van der Waals surface area contributed by atoms with E-state index in [1.165, 1.54) is 0 Å². The molecule has 3 rings (SSSR count). The summed E-state index contributed by atoms with van der Waals surface area (Å²) in [6.45, 7) is 1.30. The Morgan fingerprint density at radius 2 is 1.70 bits per heavy atom. The lowest BCUT2D eigenvalue weighted by Gasteiger charge is -2.31. The van der Waals surface area contributed by atoms with Gasteiger partial charge in [-0.25, -0.2) is 0 Å². The van der Waals surface area contributed by atoms with Gasteiger partial charge >= 0.3 is 0 Å². The minimum absolute atomic E-state index is 0.0164. The van der Waals surface area contributed by atoms with Crippen molar-refractivity contribution in [3.8, 4) is 6.07 Å². The van der Waals surface area contributed by atoms with Crippen LogP contribution in [0.15, 0.2) is 54.6 Å². The van der Waals surface area contributed by atoms with Gasteiger partial charge in [0.2, 0.25) is 5.91 Å². The van der Waals surface area contributed by atoms with Crippen LogP contribution in [0.1, 0.15) is 34.3 Å². The van der Waals surface area contributed by atoms with Gasteiger partial charge in [0.1, 0.15) is 0 Å². The summed E-state index contributed by atoms with van der Waals surface area (Å²) < 4.78 is 0. The molecule has 0 N–H and O–H groups in total. The van der Waals surface area contributed by atoms with Crippen LogP contribution in [0.5, 0.6) is 0 Å². The van der Waals surface area contributed by atoms with Crippen molar-refractivity contribution in [2.45, 2.75) is 18.6 Å². The van der Waals surface area contributed by atoms with E-state index in [1.54, 1.807) is 23.9 Å². The number of carbonyl (C=O) groups excluding carboxylic acids is 2. The lowest BCUT2D eigenvalue weighted by molar-refractivity contribution is -0.129. The number of ketones is 1. The number of rotatable bonds is 6. The zero-order valence-corrected chi connectivity index (χ0v) is 16.0. The van der Waals surface area contributed by atoms with Crippen molar-refractivity contribution in [1.82, 2.24) is 4.90 Å². The summed E-state index contributed by atoms with van der Waals surface area (Å²) in [5.41, 5.74) is 2.52. The minimum Gasteiger partial charge on any atom is -0.342 e. The summed E-state index contributed by atoms with van der Waals surface area (Å²) in [7, 11) is 0. The number of thioether (sulfide) groups is 1. The molecule has 0 aliphatic carbocycles. The Hall–Kier alpha value is -2.58. The summed E-state index contributed by atoms with van der Waals surface area (Å²) in [5, 5.41) is 8.81. The van der Waals surface area contributed by atoms with Crippen LogP contribution in [-0.4, -0.2) is 35.4 Å². The SMILES string of the molecule is N#Cc1ccc(CSCC(=O)N2CCC(C(=O)c3ccccc3)CC2)cc1. The number of benzene rings is 2. The largest absolute Gasteiger partial charge is 0.342 e. The molecule has 1 saturated heterocycles. The number of Topliss-reactive ketones (excluding diaryl/α,β-unsaturated/α-hetero) is 1. The van der Waals surface area contributed by atoms with E-state index in [0.717, 1.165) is 29.7 Å². The van der Waals surface area contributed by atoms with Crippen LogP contribution < -0.4 is 0 Å². The molecule has 5 heteroatoms. The minimum atomic E-state index is 0.0164. The third-order valence-electron chi connectivity index (χ3n) is 4.85. The second kappa shape index (κ2) is 9.38. The highest BCUT2D eigenvalue weighted by Gasteiger charge is 2.27. The number of nitrogens with zero attached hydrogens (tertiary/aromatic N) is 2. The van der Waals surface area contributed by atoms with Crippen molar-refractivity contribution in [2.75, 3.05) is 18.8 Å². The number of piperidine rings is 1. The highest BCUT2D eigenvalue weighted by molar-refractivity contribution is 7.99. The first kappa shape index (κ1) is 19.2. The summed E-state index contributed by atoms with van der Waals surface area (Å²) in [6, 6.07) is 19.0. The molecule has 138 valence electrons. The van der Waals surface area contributed by atoms with E-state index in [9.17, 15) is 9.59 Å². The molecule has 0 aromatic heterocycles. The number of nitriles is 1. The molecule has 1 aliphatic rings. The van der Waals surface area contributed by atoms with Gasteiger partial charge in [0, 0.05) is 30.3 Å². The summed E-state index contributed by atoms with van der Waals surface area (Å²) in [4.78, 5) is 26.8. The van der Waals surface area contributed by atoms with Crippen LogP contribution >= 0.6 is 11.8 Å². The molecule has 0 bridgehead atoms. The quantitative estimate of drug-likeness (QED) is 0.715. The lowest BCUT2D eigenvalue weighted by atomic mass is 9.89. The predicted molar refractivity (Wildman–Crippen MR) is 107 cm³/mol. The normalized spacial score (nSPS) is 14.6. The van der Waals surface area contributed by atoms with E-state index >= 15 is 0 Å². The molecule has 2 aromatic rings. The smallest absolute Gasteiger partial charge is 0.232 e. The predicted octanol–water partition coefficient (Wildman–Crippen LogP) is 3.91. The average Bonchev–Trinajstić information content (AvgIpc) is 2.74. The van der Waals surface area contributed by atoms with Gasteiger partial charge in [-0.3, -0.25) is 9.59 Å². The first-order valence-electron chi connectivity index (χ1n) is 9.11.